The van der Waals surface area contributed by atoms with Crippen molar-refractivity contribution in [1.82, 2.24) is 15.6 Å². The summed E-state index contributed by atoms with van der Waals surface area (Å²) in [5.74, 6) is 0.472. The molecule has 9 aliphatic rings. The number of rotatable bonds is 5. The smallest absolute Gasteiger partial charge is 0.351 e. The van der Waals surface area contributed by atoms with Crippen LogP contribution in [0.2, 0.25) is 0 Å². The molecule has 3 saturated heterocycles. The number of carboxylic acids is 1. The van der Waals surface area contributed by atoms with E-state index in [-0.39, 0.29) is 75.7 Å². The number of nitrogens with one attached hydrogen (secondary N) is 3. The summed E-state index contributed by atoms with van der Waals surface area (Å²) < 4.78 is 31.4. The van der Waals surface area contributed by atoms with Crippen molar-refractivity contribution in [3.8, 4) is 58.0 Å². The molecule has 4 aromatic rings. The number of carbonyl (C=O) groups is 2. The Kier molecular flexibility index (Phi) is 11.6. The molecular formula is C54H51N3O19. The molecule has 1 saturated carbocycles. The van der Waals surface area contributed by atoms with Crippen LogP contribution in [-0.2, 0) is 36.6 Å². The number of H-pyrrole nitrogens is 1. The number of piperidine rings is 1. The van der Waals surface area contributed by atoms with E-state index in [1.165, 1.54) is 12.1 Å². The highest BCUT2D eigenvalue weighted by Gasteiger charge is 2.75. The van der Waals surface area contributed by atoms with E-state index in [4.69, 9.17) is 23.4 Å². The van der Waals surface area contributed by atoms with Gasteiger partial charge in [-0.25, -0.2) is 9.59 Å². The van der Waals surface area contributed by atoms with Gasteiger partial charge in [0.15, 0.2) is 23.0 Å². The molecule has 2 aliphatic carbocycles. The van der Waals surface area contributed by atoms with E-state index in [1.807, 2.05) is 6.08 Å². The van der Waals surface area contributed by atoms with Crippen molar-refractivity contribution < 1.29 is 89.1 Å². The Bertz CT molecular complexity index is 3450. The molecule has 13 rings (SSSR count). The number of aliphatic hydroxyl groups is 7. The number of aromatic nitrogens is 1. The van der Waals surface area contributed by atoms with Crippen molar-refractivity contribution in [2.45, 2.75) is 129 Å². The molecule has 22 heteroatoms. The second-order valence-electron chi connectivity index (χ2n) is 20.6. The molecule has 4 fully saturated rings. The predicted octanol–water partition coefficient (Wildman–Crippen LogP) is -0.127. The third-order valence-corrected chi connectivity index (χ3v) is 16.3. The van der Waals surface area contributed by atoms with Gasteiger partial charge in [-0.3, -0.25) is 10.1 Å². The van der Waals surface area contributed by atoms with Crippen LogP contribution in [0.1, 0.15) is 66.8 Å². The first-order valence-corrected chi connectivity index (χ1v) is 24.8. The number of dihydropyridines is 1. The highest BCUT2D eigenvalue weighted by Crippen LogP contribution is 2.57. The van der Waals surface area contributed by atoms with Gasteiger partial charge < -0.3 is 89.8 Å². The number of phenolic OH excluding ortho intramolecular Hbond substituents is 3. The number of carbonyl (C=O) groups excluding carboxylic acids is 1. The van der Waals surface area contributed by atoms with Crippen LogP contribution < -0.4 is 20.8 Å². The summed E-state index contributed by atoms with van der Waals surface area (Å²) in [4.78, 5) is 45.8. The van der Waals surface area contributed by atoms with E-state index in [0.717, 1.165) is 43.4 Å². The van der Waals surface area contributed by atoms with Crippen molar-refractivity contribution >= 4 is 22.9 Å². The molecule has 2 aromatic carbocycles. The number of benzene rings is 2. The fourth-order valence-corrected chi connectivity index (χ4v) is 12.3. The fourth-order valence-electron chi connectivity index (χ4n) is 12.3. The highest BCUT2D eigenvalue weighted by molar-refractivity contribution is 5.90. The summed E-state index contributed by atoms with van der Waals surface area (Å²) in [7, 11) is 0. The molecule has 14 N–H and O–H groups in total. The fraction of sp³-hybridized carbons (Fsp3) is 0.426. The maximum Gasteiger partial charge on any atom is 0.351 e. The van der Waals surface area contributed by atoms with Crippen LogP contribution in [0, 0.1) is 29.6 Å². The van der Waals surface area contributed by atoms with Gasteiger partial charge in [0.25, 0.3) is 11.4 Å². The normalized spacial score (nSPS) is 36.0. The zero-order valence-corrected chi connectivity index (χ0v) is 40.0. The van der Waals surface area contributed by atoms with Gasteiger partial charge in [0.2, 0.25) is 11.9 Å². The summed E-state index contributed by atoms with van der Waals surface area (Å²) >= 11 is 0. The number of hydrogen-bond acceptors (Lipinski definition) is 20. The van der Waals surface area contributed by atoms with Crippen LogP contribution in [0.4, 0.5) is 0 Å². The quantitative estimate of drug-likeness (QED) is 0.0536. The summed E-state index contributed by atoms with van der Waals surface area (Å²) in [6.45, 7) is -0.412. The first-order valence-electron chi connectivity index (χ1n) is 24.8. The molecule has 396 valence electrons. The monoisotopic (exact) mass is 1050 g/mol. The van der Waals surface area contributed by atoms with Crippen molar-refractivity contribution in [3.05, 3.63) is 104 Å². The van der Waals surface area contributed by atoms with Crippen molar-refractivity contribution in [2.75, 3.05) is 6.61 Å². The van der Waals surface area contributed by atoms with Gasteiger partial charge in [-0.15, -0.1) is 0 Å². The minimum absolute atomic E-state index is 0.0741. The zero-order valence-electron chi connectivity index (χ0n) is 40.0. The Morgan fingerprint density at radius 3 is 2.54 bits per heavy atom. The van der Waals surface area contributed by atoms with Crippen molar-refractivity contribution in [2.24, 2.45) is 5.92 Å². The summed E-state index contributed by atoms with van der Waals surface area (Å²) in [6.07, 6.45) is -6.62. The number of aromatic amines is 1. The van der Waals surface area contributed by atoms with Crippen LogP contribution in [0.15, 0.2) is 80.8 Å². The second kappa shape index (κ2) is 17.7. The van der Waals surface area contributed by atoms with E-state index >= 15 is 4.79 Å². The van der Waals surface area contributed by atoms with Crippen molar-refractivity contribution in [1.29, 1.82) is 0 Å². The van der Waals surface area contributed by atoms with E-state index in [9.17, 15) is 65.8 Å². The first kappa shape index (κ1) is 49.7. The van der Waals surface area contributed by atoms with Gasteiger partial charge in [0, 0.05) is 89.5 Å². The maximum absolute atomic E-state index is 15.3. The Labute approximate surface area is 430 Å². The van der Waals surface area contributed by atoms with E-state index in [2.05, 4.69) is 39.3 Å². The lowest BCUT2D eigenvalue weighted by Gasteiger charge is -2.57. The number of aliphatic carboxylic acids is 1. The van der Waals surface area contributed by atoms with Crippen LogP contribution in [0.3, 0.4) is 0 Å². The molecule has 2 spiro atoms. The Hall–Kier alpha value is -7.19. The Morgan fingerprint density at radius 1 is 0.934 bits per heavy atom. The van der Waals surface area contributed by atoms with Gasteiger partial charge in [-0.05, 0) is 60.9 Å². The van der Waals surface area contributed by atoms with Crippen LogP contribution in [0.5, 0.6) is 23.0 Å². The molecule has 0 amide bonds. The molecule has 7 aliphatic heterocycles. The number of aliphatic hydroxyl groups excluding tert-OH is 6. The number of ether oxygens (including phenoxy) is 4. The largest absolute Gasteiger partial charge is 0.507 e. The molecular weight excluding hydrogens is 995 g/mol. The molecule has 2 aromatic heterocycles. The lowest BCUT2D eigenvalue weighted by Crippen LogP contribution is -2.80. The minimum Gasteiger partial charge on any atom is -0.507 e. The van der Waals surface area contributed by atoms with Gasteiger partial charge >= 0.3 is 11.9 Å². The first-order chi connectivity index (χ1) is 36.3. The SMILES string of the molecule is O=C(O)C12C#CCC3(OC45Oc6cc7oc(-c8cc(O)c(O)c(CCO)c8)cc(=O)c7c(O)c6C(C6=CNC7NC8CCCC(C8)C7=C6)C=C4Cc4[nH]ccc4C#CCC3(O)C(O)C5O)C(=O)OC(O1)C(O)C(O)C2O. The molecule has 14 unspecified atom stereocenters. The highest BCUT2D eigenvalue weighted by atomic mass is 16.8. The third-order valence-electron chi connectivity index (χ3n) is 16.3. The van der Waals surface area contributed by atoms with E-state index in [1.54, 1.807) is 24.5 Å². The summed E-state index contributed by atoms with van der Waals surface area (Å²) in [5, 5.41) is 133. The number of carboxylic acid groups (broad SMARTS) is 1. The van der Waals surface area contributed by atoms with Crippen molar-refractivity contribution in [3.63, 3.8) is 0 Å². The molecule has 76 heavy (non-hydrogen) atoms. The molecule has 0 radical (unpaired) electrons. The number of esters is 1. The number of hydrogen-bond donors (Lipinski definition) is 14. The lowest BCUT2D eigenvalue weighted by molar-refractivity contribution is -0.378. The van der Waals surface area contributed by atoms with Gasteiger partial charge in [0.1, 0.15) is 58.2 Å². The molecule has 6 bridgehead atoms. The number of fused-ring (bicyclic) bond motifs is 10. The standard InChI is InChI=1S/C54H51N3O19/c58-13-8-25-14-26(17-34(60)40(25)61)35-20-33(59)39-36(72-35)21-37-38(41(39)62)30(27-16-31-24-4-1-6-29(15-24)57-47(31)56-22-27)18-28-19-32-23(7-12-55-32)5-2-10-52(71)45(66)46(67)54(28,74-37)76-53(52)11-3-9-51(49(68)69)44(65)42(63)43(64)48(75-51)73-50(53)70/h7,12,14,16-18,20-22,24,29-30,42-48,55-58,60-67,71H,1,4,6,8,10-11,13,15,19H2,(H,68,69). The predicted molar refractivity (Wildman–Crippen MR) is 258 cm³/mol. The van der Waals surface area contributed by atoms with Crippen LogP contribution >= 0.6 is 0 Å². The molecule has 22 nitrogen and oxygen atoms in total. The third kappa shape index (κ3) is 7.18. The van der Waals surface area contributed by atoms with Gasteiger partial charge in [-0.2, -0.15) is 0 Å². The topological polar surface area (TPSA) is 364 Å². The van der Waals surface area contributed by atoms with Gasteiger partial charge in [-0.1, -0.05) is 42.3 Å². The lowest BCUT2D eigenvalue weighted by atomic mass is 9.67. The van der Waals surface area contributed by atoms with Gasteiger partial charge in [0.05, 0.1) is 12.6 Å². The average molecular weight is 1050 g/mol. The van der Waals surface area contributed by atoms with Crippen LogP contribution in [-0.4, -0.2) is 151 Å². The molecule has 9 heterocycles. The second-order valence-corrected chi connectivity index (χ2v) is 20.6. The maximum atomic E-state index is 15.3. The number of allylic oxidation sites excluding steroid dienone is 3. The van der Waals surface area contributed by atoms with Crippen LogP contribution in [0.25, 0.3) is 22.3 Å². The Balaban J connectivity index is 1.12. The summed E-state index contributed by atoms with van der Waals surface area (Å²) in [5.41, 5.74) is -8.18. The van der Waals surface area contributed by atoms with E-state index in [0.29, 0.717) is 16.8 Å². The molecule has 14 atom stereocenters. The average Bonchev–Trinajstić information content (AvgIpc) is 3.89. The summed E-state index contributed by atoms with van der Waals surface area (Å²) in [6, 6.07) is 6.66. The number of phenols is 3. The Morgan fingerprint density at radius 2 is 1.75 bits per heavy atom. The minimum atomic E-state index is -3.14. The van der Waals surface area contributed by atoms with E-state index < -0.39 is 119 Å². The zero-order chi connectivity index (χ0) is 53.4. The number of aromatic hydroxyl groups is 3.